The van der Waals surface area contributed by atoms with Gasteiger partial charge in [0.1, 0.15) is 42.7 Å². The highest BCUT2D eigenvalue weighted by Gasteiger charge is 2.47. The fraction of sp³-hybridized carbons (Fsp3) is 1.00. The highest BCUT2D eigenvalue weighted by molar-refractivity contribution is 7.47. The second-order valence-electron chi connectivity index (χ2n) is 5.37. The van der Waals surface area contributed by atoms with Crippen molar-refractivity contribution >= 4 is 7.82 Å². The first kappa shape index (κ1) is 22.8. The van der Waals surface area contributed by atoms with Gasteiger partial charge in [0.25, 0.3) is 0 Å². The van der Waals surface area contributed by atoms with Crippen LogP contribution in [-0.2, 0) is 18.3 Å². The fourth-order valence-corrected chi connectivity index (χ4v) is 2.94. The molecule has 150 valence electrons. The summed E-state index contributed by atoms with van der Waals surface area (Å²) >= 11 is 0. The van der Waals surface area contributed by atoms with Gasteiger partial charge in [-0.3, -0.25) is 9.05 Å². The molecule has 0 aromatic rings. The van der Waals surface area contributed by atoms with Crippen molar-refractivity contribution in [1.29, 1.82) is 0 Å². The normalized spacial score (nSPS) is 36.4. The summed E-state index contributed by atoms with van der Waals surface area (Å²) in [5.41, 5.74) is 0. The van der Waals surface area contributed by atoms with Crippen LogP contribution in [0.25, 0.3) is 0 Å². The van der Waals surface area contributed by atoms with Crippen molar-refractivity contribution < 1.29 is 64.1 Å². The Bertz CT molecular complexity index is 450. The molecule has 1 aliphatic rings. The molecule has 0 aliphatic carbocycles. The minimum absolute atomic E-state index is 0.743. The molecule has 0 radical (unpaired) electrons. The van der Waals surface area contributed by atoms with E-state index in [1.165, 1.54) is 0 Å². The van der Waals surface area contributed by atoms with E-state index in [2.05, 4.69) is 9.05 Å². The standard InChI is InChI=1S/C11H23O13P/c12-1-4(14)7(16)5(15)3-22-25(20,21)24-10-9(18)8(17)6(2-13)23-11(10)19/h4-19H,1-3H2,(H,20,21)/t4-,5+,6+,7-,8-,9-,10+,11?/m0/s1. The van der Waals surface area contributed by atoms with Crippen molar-refractivity contribution in [2.24, 2.45) is 0 Å². The van der Waals surface area contributed by atoms with Crippen LogP contribution in [0.15, 0.2) is 0 Å². The summed E-state index contributed by atoms with van der Waals surface area (Å²) in [7, 11) is -5.01. The Morgan fingerprint density at radius 3 is 2.16 bits per heavy atom. The van der Waals surface area contributed by atoms with Gasteiger partial charge in [0.15, 0.2) is 6.29 Å². The first-order valence-corrected chi connectivity index (χ1v) is 8.65. The summed E-state index contributed by atoms with van der Waals surface area (Å²) in [6.45, 7) is -2.63. The maximum absolute atomic E-state index is 11.8. The van der Waals surface area contributed by atoms with Crippen LogP contribution >= 0.6 is 7.82 Å². The van der Waals surface area contributed by atoms with Gasteiger partial charge in [0, 0.05) is 0 Å². The molecule has 0 bridgehead atoms. The van der Waals surface area contributed by atoms with Crippen LogP contribution in [0, 0.1) is 0 Å². The Morgan fingerprint density at radius 2 is 1.64 bits per heavy atom. The number of aliphatic hydroxyl groups is 8. The Kier molecular flexibility index (Phi) is 8.77. The average Bonchev–Trinajstić information content (AvgIpc) is 2.58. The monoisotopic (exact) mass is 394 g/mol. The second-order valence-corrected chi connectivity index (χ2v) is 6.78. The molecular weight excluding hydrogens is 371 g/mol. The van der Waals surface area contributed by atoms with E-state index in [0.29, 0.717) is 0 Å². The van der Waals surface area contributed by atoms with E-state index in [0.717, 1.165) is 0 Å². The van der Waals surface area contributed by atoms with Crippen molar-refractivity contribution in [1.82, 2.24) is 0 Å². The summed E-state index contributed by atoms with van der Waals surface area (Å²) in [6.07, 6.45) is -14.4. The van der Waals surface area contributed by atoms with Gasteiger partial charge in [0.2, 0.25) is 0 Å². The molecule has 2 unspecified atom stereocenters. The van der Waals surface area contributed by atoms with E-state index in [1.807, 2.05) is 0 Å². The zero-order chi connectivity index (χ0) is 19.4. The zero-order valence-corrected chi connectivity index (χ0v) is 13.7. The molecule has 0 aromatic heterocycles. The van der Waals surface area contributed by atoms with Gasteiger partial charge in [-0.2, -0.15) is 0 Å². The maximum atomic E-state index is 11.8. The first-order chi connectivity index (χ1) is 11.5. The number of hydrogen-bond donors (Lipinski definition) is 9. The lowest BCUT2D eigenvalue weighted by Crippen LogP contribution is -2.59. The lowest BCUT2D eigenvalue weighted by molar-refractivity contribution is -0.283. The predicted molar refractivity (Wildman–Crippen MR) is 75.7 cm³/mol. The molecule has 13 nitrogen and oxygen atoms in total. The lowest BCUT2D eigenvalue weighted by atomic mass is 9.99. The van der Waals surface area contributed by atoms with Crippen molar-refractivity contribution in [3.63, 3.8) is 0 Å². The number of hydrogen-bond acceptors (Lipinski definition) is 12. The van der Waals surface area contributed by atoms with Gasteiger partial charge in [-0.15, -0.1) is 0 Å². The van der Waals surface area contributed by atoms with Crippen LogP contribution in [0.4, 0.5) is 0 Å². The molecule has 1 saturated heterocycles. The maximum Gasteiger partial charge on any atom is 0.472 e. The second kappa shape index (κ2) is 9.62. The molecule has 14 heteroatoms. The molecule has 0 spiro atoms. The fourth-order valence-electron chi connectivity index (χ4n) is 2.00. The van der Waals surface area contributed by atoms with Gasteiger partial charge < -0.3 is 50.5 Å². The Balaban J connectivity index is 2.63. The molecule has 1 aliphatic heterocycles. The highest BCUT2D eigenvalue weighted by Crippen LogP contribution is 2.46. The third-order valence-corrected chi connectivity index (χ3v) is 4.47. The third-order valence-electron chi connectivity index (χ3n) is 3.48. The van der Waals surface area contributed by atoms with Crippen LogP contribution in [0.5, 0.6) is 0 Å². The minimum atomic E-state index is -5.01. The number of aliphatic hydroxyl groups excluding tert-OH is 8. The lowest BCUT2D eigenvalue weighted by Gasteiger charge is -2.39. The number of ether oxygens (including phenoxy) is 1. The van der Waals surface area contributed by atoms with Crippen molar-refractivity contribution in [2.75, 3.05) is 19.8 Å². The molecule has 1 fully saturated rings. The molecular formula is C11H23O13P. The first-order valence-electron chi connectivity index (χ1n) is 7.15. The van der Waals surface area contributed by atoms with Crippen LogP contribution in [0.2, 0.25) is 0 Å². The Morgan fingerprint density at radius 1 is 1.04 bits per heavy atom. The molecule has 25 heavy (non-hydrogen) atoms. The quantitative estimate of drug-likeness (QED) is 0.167. The topological polar surface area (TPSA) is 227 Å². The van der Waals surface area contributed by atoms with E-state index in [-0.39, 0.29) is 0 Å². The van der Waals surface area contributed by atoms with Crippen LogP contribution < -0.4 is 0 Å². The van der Waals surface area contributed by atoms with Crippen LogP contribution in [0.1, 0.15) is 0 Å². The van der Waals surface area contributed by atoms with Gasteiger partial charge in [-0.25, -0.2) is 4.57 Å². The smallest absolute Gasteiger partial charge is 0.394 e. The molecule has 1 heterocycles. The molecule has 0 amide bonds. The third kappa shape index (κ3) is 6.15. The minimum Gasteiger partial charge on any atom is -0.394 e. The predicted octanol–water partition coefficient (Wildman–Crippen LogP) is -5.01. The summed E-state index contributed by atoms with van der Waals surface area (Å²) in [6, 6.07) is 0. The van der Waals surface area contributed by atoms with Crippen molar-refractivity contribution in [2.45, 2.75) is 49.0 Å². The van der Waals surface area contributed by atoms with Gasteiger partial charge in [-0.05, 0) is 0 Å². The van der Waals surface area contributed by atoms with Crippen LogP contribution in [0.3, 0.4) is 0 Å². The highest BCUT2D eigenvalue weighted by atomic mass is 31.2. The number of phosphoric acid groups is 1. The molecule has 0 saturated carbocycles. The number of phosphoric ester groups is 1. The van der Waals surface area contributed by atoms with Crippen LogP contribution in [-0.4, -0.2) is 115 Å². The summed E-state index contributed by atoms with van der Waals surface area (Å²) in [5, 5.41) is 74.5. The summed E-state index contributed by atoms with van der Waals surface area (Å²) in [4.78, 5) is 9.54. The van der Waals surface area contributed by atoms with E-state index in [9.17, 15) is 35.0 Å². The SMILES string of the molecule is O=P(O)(OC[C@@H](O)[C@@H](O)[C@@H](O)CO)O[C@H]1C(O)O[C@H](CO)[C@H](O)[C@@H]1O. The molecule has 9 N–H and O–H groups in total. The van der Waals surface area contributed by atoms with E-state index in [4.69, 9.17) is 20.1 Å². The van der Waals surface area contributed by atoms with Crippen molar-refractivity contribution in [3.05, 3.63) is 0 Å². The Labute approximate surface area is 141 Å². The van der Waals surface area contributed by atoms with Gasteiger partial charge in [0.05, 0.1) is 19.8 Å². The summed E-state index contributed by atoms with van der Waals surface area (Å²) in [5.74, 6) is 0. The molecule has 9 atom stereocenters. The van der Waals surface area contributed by atoms with E-state index < -0.39 is 76.7 Å². The Hall–Kier alpha value is -0.250. The summed E-state index contributed by atoms with van der Waals surface area (Å²) < 4.78 is 25.4. The van der Waals surface area contributed by atoms with Gasteiger partial charge in [-0.1, -0.05) is 0 Å². The van der Waals surface area contributed by atoms with E-state index in [1.54, 1.807) is 0 Å². The molecule has 0 aromatic carbocycles. The zero-order valence-electron chi connectivity index (χ0n) is 12.8. The average molecular weight is 394 g/mol. The number of rotatable bonds is 9. The van der Waals surface area contributed by atoms with E-state index >= 15 is 0 Å². The molecule has 1 rings (SSSR count). The van der Waals surface area contributed by atoms with Crippen molar-refractivity contribution in [3.8, 4) is 0 Å². The van der Waals surface area contributed by atoms with Gasteiger partial charge >= 0.3 is 7.82 Å². The largest absolute Gasteiger partial charge is 0.472 e.